The van der Waals surface area contributed by atoms with Gasteiger partial charge in [-0.15, -0.1) is 0 Å². The average molecular weight is 267 g/mol. The van der Waals surface area contributed by atoms with Crippen LogP contribution in [0.15, 0.2) is 0 Å². The molecule has 0 bridgehead atoms. The van der Waals surface area contributed by atoms with Crippen LogP contribution in [0.4, 0.5) is 0 Å². The van der Waals surface area contributed by atoms with Crippen molar-refractivity contribution in [3.05, 3.63) is 0 Å². The topological polar surface area (TPSA) is 66.4 Å². The third kappa shape index (κ3) is 2.77. The summed E-state index contributed by atoms with van der Waals surface area (Å²) in [5.41, 5.74) is -0.401. The zero-order valence-corrected chi connectivity index (χ0v) is 12.3. The van der Waals surface area contributed by atoms with Gasteiger partial charge < -0.3 is 10.4 Å². The number of hydrogen-bond donors (Lipinski definition) is 2. The number of carbonyl (C=O) groups excluding carboxylic acids is 1. The van der Waals surface area contributed by atoms with Gasteiger partial charge in [0, 0.05) is 6.04 Å². The molecule has 0 radical (unpaired) electrons. The minimum Gasteiger partial charge on any atom is -0.481 e. The van der Waals surface area contributed by atoms with E-state index < -0.39 is 17.3 Å². The number of carboxylic acids is 1. The lowest BCUT2D eigenvalue weighted by atomic mass is 9.80. The van der Waals surface area contributed by atoms with Crippen molar-refractivity contribution in [1.29, 1.82) is 0 Å². The third-order valence-corrected chi connectivity index (χ3v) is 4.90. The van der Waals surface area contributed by atoms with Crippen LogP contribution in [0.2, 0.25) is 0 Å². The first-order valence-electron chi connectivity index (χ1n) is 7.26. The summed E-state index contributed by atoms with van der Waals surface area (Å²) in [7, 11) is 0. The highest BCUT2D eigenvalue weighted by Crippen LogP contribution is 2.58. The van der Waals surface area contributed by atoms with Gasteiger partial charge in [-0.25, -0.2) is 0 Å². The standard InChI is InChI=1S/C15H25NO3/c1-8-5-9(2)7-10(6-8)16-13(17)11-12(14(18)19)15(11,3)4/h8-12H,5-7H2,1-4H3,(H,16,17)(H,18,19)/t8?,9?,10?,11-,12+/m1/s1. The zero-order valence-electron chi connectivity index (χ0n) is 12.3. The summed E-state index contributed by atoms with van der Waals surface area (Å²) in [5, 5.41) is 12.2. The van der Waals surface area contributed by atoms with E-state index in [4.69, 9.17) is 5.11 Å². The van der Waals surface area contributed by atoms with Gasteiger partial charge in [0.1, 0.15) is 0 Å². The summed E-state index contributed by atoms with van der Waals surface area (Å²) in [6, 6.07) is 0.220. The monoisotopic (exact) mass is 267 g/mol. The zero-order chi connectivity index (χ0) is 14.4. The van der Waals surface area contributed by atoms with E-state index in [0.29, 0.717) is 11.8 Å². The van der Waals surface area contributed by atoms with E-state index in [1.165, 1.54) is 6.42 Å². The predicted octanol–water partition coefficient (Wildman–Crippen LogP) is 2.28. The van der Waals surface area contributed by atoms with Gasteiger partial charge in [-0.3, -0.25) is 9.59 Å². The summed E-state index contributed by atoms with van der Waals surface area (Å²) < 4.78 is 0. The van der Waals surface area contributed by atoms with Crippen LogP contribution in [0, 0.1) is 29.1 Å². The van der Waals surface area contributed by atoms with Gasteiger partial charge in [0.2, 0.25) is 5.91 Å². The van der Waals surface area contributed by atoms with E-state index in [0.717, 1.165) is 12.8 Å². The van der Waals surface area contributed by atoms with Crippen LogP contribution in [-0.2, 0) is 9.59 Å². The maximum atomic E-state index is 12.2. The number of hydrogen-bond acceptors (Lipinski definition) is 2. The molecule has 2 fully saturated rings. The highest BCUT2D eigenvalue weighted by molar-refractivity contribution is 5.91. The Morgan fingerprint density at radius 2 is 1.58 bits per heavy atom. The lowest BCUT2D eigenvalue weighted by Crippen LogP contribution is -2.41. The van der Waals surface area contributed by atoms with Crippen LogP contribution in [0.3, 0.4) is 0 Å². The Bertz CT molecular complexity index is 381. The van der Waals surface area contributed by atoms with Crippen molar-refractivity contribution in [3.8, 4) is 0 Å². The number of carbonyl (C=O) groups is 2. The van der Waals surface area contributed by atoms with Crippen molar-refractivity contribution in [3.63, 3.8) is 0 Å². The van der Waals surface area contributed by atoms with E-state index in [1.54, 1.807) is 0 Å². The molecule has 0 spiro atoms. The van der Waals surface area contributed by atoms with Crippen molar-refractivity contribution in [2.75, 3.05) is 0 Å². The number of aliphatic carboxylic acids is 1. The lowest BCUT2D eigenvalue weighted by Gasteiger charge is -2.32. The predicted molar refractivity (Wildman–Crippen MR) is 72.5 cm³/mol. The van der Waals surface area contributed by atoms with Gasteiger partial charge in [-0.1, -0.05) is 27.7 Å². The van der Waals surface area contributed by atoms with Crippen molar-refractivity contribution in [2.24, 2.45) is 29.1 Å². The first-order valence-corrected chi connectivity index (χ1v) is 7.26. The van der Waals surface area contributed by atoms with Crippen molar-refractivity contribution >= 4 is 11.9 Å². The van der Waals surface area contributed by atoms with E-state index in [1.807, 2.05) is 13.8 Å². The minimum atomic E-state index is -0.851. The number of nitrogens with one attached hydrogen (secondary N) is 1. The summed E-state index contributed by atoms with van der Waals surface area (Å²) in [6.45, 7) is 8.16. The summed E-state index contributed by atoms with van der Waals surface area (Å²) >= 11 is 0. The molecule has 108 valence electrons. The van der Waals surface area contributed by atoms with Gasteiger partial charge in [-0.05, 0) is 36.5 Å². The van der Waals surface area contributed by atoms with Gasteiger partial charge in [0.25, 0.3) is 0 Å². The second kappa shape index (κ2) is 4.80. The van der Waals surface area contributed by atoms with Gasteiger partial charge in [0.15, 0.2) is 0 Å². The molecule has 0 heterocycles. The Kier molecular flexibility index (Phi) is 3.63. The molecule has 1 amide bonds. The molecule has 4 nitrogen and oxygen atoms in total. The van der Waals surface area contributed by atoms with Crippen molar-refractivity contribution in [1.82, 2.24) is 5.32 Å². The van der Waals surface area contributed by atoms with Crippen LogP contribution in [0.1, 0.15) is 47.0 Å². The van der Waals surface area contributed by atoms with E-state index >= 15 is 0 Å². The molecule has 19 heavy (non-hydrogen) atoms. The van der Waals surface area contributed by atoms with E-state index in [9.17, 15) is 9.59 Å². The highest BCUT2D eigenvalue weighted by atomic mass is 16.4. The number of amides is 1. The summed E-state index contributed by atoms with van der Waals surface area (Å²) in [5.74, 6) is -0.532. The van der Waals surface area contributed by atoms with Crippen LogP contribution in [0.25, 0.3) is 0 Å². The molecule has 4 heteroatoms. The van der Waals surface area contributed by atoms with Crippen LogP contribution >= 0.6 is 0 Å². The normalized spacial score (nSPS) is 40.5. The van der Waals surface area contributed by atoms with E-state index in [2.05, 4.69) is 19.2 Å². The third-order valence-electron chi connectivity index (χ3n) is 4.90. The fourth-order valence-electron chi connectivity index (χ4n) is 3.94. The van der Waals surface area contributed by atoms with Gasteiger partial charge in [0.05, 0.1) is 11.8 Å². The fourth-order valence-corrected chi connectivity index (χ4v) is 3.94. The molecule has 4 atom stereocenters. The molecule has 0 aromatic rings. The first-order chi connectivity index (χ1) is 8.73. The summed E-state index contributed by atoms with van der Waals surface area (Å²) in [6.07, 6.45) is 3.25. The van der Waals surface area contributed by atoms with Gasteiger partial charge >= 0.3 is 5.97 Å². The molecule has 2 saturated carbocycles. The molecule has 0 aromatic carbocycles. The quantitative estimate of drug-likeness (QED) is 0.824. The SMILES string of the molecule is CC1CC(C)CC(NC(=O)[C@H]2[C@@H](C(=O)O)C2(C)C)C1. The van der Waals surface area contributed by atoms with Crippen LogP contribution in [-0.4, -0.2) is 23.0 Å². The maximum absolute atomic E-state index is 12.2. The largest absolute Gasteiger partial charge is 0.481 e. The number of carboxylic acid groups (broad SMARTS) is 1. The molecule has 2 unspecified atom stereocenters. The Morgan fingerprint density at radius 1 is 1.05 bits per heavy atom. The van der Waals surface area contributed by atoms with Gasteiger partial charge in [-0.2, -0.15) is 0 Å². The molecule has 0 aliphatic heterocycles. The second-order valence-electron chi connectivity index (χ2n) is 7.24. The molecule has 0 saturated heterocycles. The Labute approximate surface area is 115 Å². The average Bonchev–Trinajstić information content (AvgIpc) is 2.80. The molecule has 2 aliphatic rings. The number of rotatable bonds is 3. The smallest absolute Gasteiger partial charge is 0.307 e. The second-order valence-corrected chi connectivity index (χ2v) is 7.24. The molecule has 2 N–H and O–H groups in total. The Morgan fingerprint density at radius 3 is 2.00 bits per heavy atom. The van der Waals surface area contributed by atoms with E-state index in [-0.39, 0.29) is 17.9 Å². The molecular weight excluding hydrogens is 242 g/mol. The maximum Gasteiger partial charge on any atom is 0.307 e. The first kappa shape index (κ1) is 14.4. The molecular formula is C15H25NO3. The minimum absolute atomic E-state index is 0.0660. The highest BCUT2D eigenvalue weighted by Gasteiger charge is 2.66. The Balaban J connectivity index is 1.94. The van der Waals surface area contributed by atoms with Crippen LogP contribution < -0.4 is 5.32 Å². The lowest BCUT2D eigenvalue weighted by molar-refractivity contribution is -0.140. The van der Waals surface area contributed by atoms with Crippen molar-refractivity contribution in [2.45, 2.75) is 53.0 Å². The fraction of sp³-hybridized carbons (Fsp3) is 0.867. The Hall–Kier alpha value is -1.06. The summed E-state index contributed by atoms with van der Waals surface area (Å²) in [4.78, 5) is 23.4. The molecule has 2 aliphatic carbocycles. The molecule has 2 rings (SSSR count). The molecule has 0 aromatic heterocycles. The van der Waals surface area contributed by atoms with Crippen molar-refractivity contribution < 1.29 is 14.7 Å². The van der Waals surface area contributed by atoms with Crippen LogP contribution in [0.5, 0.6) is 0 Å².